The SMILES string of the molecule is CCC(CSC)NC(c1ccccc1)c1ccco1. The summed E-state index contributed by atoms with van der Waals surface area (Å²) in [5, 5.41) is 3.71. The molecular weight excluding hydrogens is 254 g/mol. The summed E-state index contributed by atoms with van der Waals surface area (Å²) < 4.78 is 5.60. The van der Waals surface area contributed by atoms with Crippen LogP contribution in [0.4, 0.5) is 0 Å². The van der Waals surface area contributed by atoms with E-state index in [1.807, 2.05) is 30.0 Å². The van der Waals surface area contributed by atoms with Crippen molar-refractivity contribution in [2.24, 2.45) is 0 Å². The van der Waals surface area contributed by atoms with Crippen LogP contribution in [0, 0.1) is 0 Å². The fourth-order valence-corrected chi connectivity index (χ4v) is 2.90. The van der Waals surface area contributed by atoms with Crippen LogP contribution in [-0.2, 0) is 0 Å². The van der Waals surface area contributed by atoms with Crippen molar-refractivity contribution in [2.75, 3.05) is 12.0 Å². The highest BCUT2D eigenvalue weighted by atomic mass is 32.2. The molecule has 102 valence electrons. The maximum Gasteiger partial charge on any atom is 0.125 e. The smallest absolute Gasteiger partial charge is 0.125 e. The predicted octanol–water partition coefficient (Wildman–Crippen LogP) is 4.10. The van der Waals surface area contributed by atoms with Crippen LogP contribution in [0.5, 0.6) is 0 Å². The van der Waals surface area contributed by atoms with E-state index in [2.05, 4.69) is 42.8 Å². The topological polar surface area (TPSA) is 25.2 Å². The van der Waals surface area contributed by atoms with Crippen molar-refractivity contribution < 1.29 is 4.42 Å². The number of hydrogen-bond acceptors (Lipinski definition) is 3. The third-order valence-corrected chi connectivity index (χ3v) is 3.96. The van der Waals surface area contributed by atoms with Crippen LogP contribution >= 0.6 is 11.8 Å². The Bertz CT molecular complexity index is 455. The first-order valence-corrected chi connectivity index (χ1v) is 8.07. The molecule has 1 aromatic heterocycles. The molecule has 2 atom stereocenters. The lowest BCUT2D eigenvalue weighted by molar-refractivity contribution is 0.412. The van der Waals surface area contributed by atoms with Crippen molar-refractivity contribution in [3.63, 3.8) is 0 Å². The molecule has 0 aliphatic rings. The normalized spacial score (nSPS) is 14.2. The Kier molecular flexibility index (Phi) is 5.55. The lowest BCUT2D eigenvalue weighted by Gasteiger charge is -2.23. The maximum atomic E-state index is 5.60. The molecule has 0 radical (unpaired) electrons. The molecule has 0 saturated carbocycles. The summed E-state index contributed by atoms with van der Waals surface area (Å²) in [4.78, 5) is 0. The Labute approximate surface area is 119 Å². The van der Waals surface area contributed by atoms with Crippen LogP contribution in [0.3, 0.4) is 0 Å². The summed E-state index contributed by atoms with van der Waals surface area (Å²) in [6, 6.07) is 15.1. The van der Waals surface area contributed by atoms with Gasteiger partial charge in [-0.25, -0.2) is 0 Å². The molecule has 2 rings (SSSR count). The molecule has 1 aromatic carbocycles. The van der Waals surface area contributed by atoms with Gasteiger partial charge in [-0.05, 0) is 30.4 Å². The second kappa shape index (κ2) is 7.41. The second-order valence-electron chi connectivity index (χ2n) is 4.59. The number of hydrogen-bond donors (Lipinski definition) is 1. The summed E-state index contributed by atoms with van der Waals surface area (Å²) >= 11 is 1.88. The Morgan fingerprint density at radius 1 is 1.16 bits per heavy atom. The van der Waals surface area contributed by atoms with Crippen molar-refractivity contribution in [1.29, 1.82) is 0 Å². The van der Waals surface area contributed by atoms with Gasteiger partial charge in [0, 0.05) is 11.8 Å². The van der Waals surface area contributed by atoms with Crippen LogP contribution in [0.25, 0.3) is 0 Å². The fourth-order valence-electron chi connectivity index (χ4n) is 2.16. The zero-order valence-corrected chi connectivity index (χ0v) is 12.3. The molecule has 2 nitrogen and oxygen atoms in total. The van der Waals surface area contributed by atoms with Gasteiger partial charge in [0.2, 0.25) is 0 Å². The van der Waals surface area contributed by atoms with Crippen molar-refractivity contribution in [2.45, 2.75) is 25.4 Å². The van der Waals surface area contributed by atoms with Crippen molar-refractivity contribution >= 4 is 11.8 Å². The quantitative estimate of drug-likeness (QED) is 0.823. The van der Waals surface area contributed by atoms with Gasteiger partial charge in [0.15, 0.2) is 0 Å². The van der Waals surface area contributed by atoms with Gasteiger partial charge in [-0.3, -0.25) is 0 Å². The molecule has 0 fully saturated rings. The van der Waals surface area contributed by atoms with Crippen molar-refractivity contribution in [1.82, 2.24) is 5.32 Å². The Hall–Kier alpha value is -1.19. The predicted molar refractivity (Wildman–Crippen MR) is 82.6 cm³/mol. The molecule has 2 unspecified atom stereocenters. The highest BCUT2D eigenvalue weighted by Gasteiger charge is 2.19. The van der Waals surface area contributed by atoms with Gasteiger partial charge < -0.3 is 9.73 Å². The van der Waals surface area contributed by atoms with Gasteiger partial charge in [0.05, 0.1) is 12.3 Å². The third-order valence-electron chi connectivity index (χ3n) is 3.22. The molecule has 1 N–H and O–H groups in total. The van der Waals surface area contributed by atoms with E-state index in [-0.39, 0.29) is 6.04 Å². The van der Waals surface area contributed by atoms with E-state index in [9.17, 15) is 0 Å². The van der Waals surface area contributed by atoms with E-state index in [1.165, 1.54) is 5.56 Å². The van der Waals surface area contributed by atoms with Crippen LogP contribution in [0.15, 0.2) is 53.1 Å². The van der Waals surface area contributed by atoms with E-state index in [1.54, 1.807) is 6.26 Å². The molecule has 0 saturated heterocycles. The Balaban J connectivity index is 2.20. The Morgan fingerprint density at radius 2 is 1.95 bits per heavy atom. The van der Waals surface area contributed by atoms with Gasteiger partial charge in [-0.2, -0.15) is 11.8 Å². The van der Waals surface area contributed by atoms with Crippen LogP contribution < -0.4 is 5.32 Å². The standard InChI is InChI=1S/C16H21NOS/c1-3-14(12-19-2)17-16(15-10-7-11-18-15)13-8-5-4-6-9-13/h4-11,14,16-17H,3,12H2,1-2H3. The first-order chi connectivity index (χ1) is 9.35. The first kappa shape index (κ1) is 14.2. The monoisotopic (exact) mass is 275 g/mol. The zero-order chi connectivity index (χ0) is 13.5. The number of nitrogens with one attached hydrogen (secondary N) is 1. The minimum absolute atomic E-state index is 0.133. The van der Waals surface area contributed by atoms with Crippen molar-refractivity contribution in [3.8, 4) is 0 Å². The van der Waals surface area contributed by atoms with Gasteiger partial charge in [0.25, 0.3) is 0 Å². The first-order valence-electron chi connectivity index (χ1n) is 6.68. The maximum absolute atomic E-state index is 5.60. The van der Waals surface area contributed by atoms with Gasteiger partial charge in [-0.15, -0.1) is 0 Å². The van der Waals surface area contributed by atoms with Gasteiger partial charge in [-0.1, -0.05) is 37.3 Å². The van der Waals surface area contributed by atoms with E-state index >= 15 is 0 Å². The van der Waals surface area contributed by atoms with Crippen LogP contribution in [0.2, 0.25) is 0 Å². The second-order valence-corrected chi connectivity index (χ2v) is 5.50. The number of rotatable bonds is 7. The Morgan fingerprint density at radius 3 is 2.53 bits per heavy atom. The lowest BCUT2D eigenvalue weighted by Crippen LogP contribution is -2.34. The molecule has 19 heavy (non-hydrogen) atoms. The van der Waals surface area contributed by atoms with E-state index in [4.69, 9.17) is 4.42 Å². The minimum Gasteiger partial charge on any atom is -0.467 e. The zero-order valence-electron chi connectivity index (χ0n) is 11.5. The summed E-state index contributed by atoms with van der Waals surface area (Å²) in [7, 11) is 0. The largest absolute Gasteiger partial charge is 0.467 e. The molecule has 1 heterocycles. The summed E-state index contributed by atoms with van der Waals surface area (Å²) in [5.74, 6) is 2.09. The summed E-state index contributed by atoms with van der Waals surface area (Å²) in [6.07, 6.45) is 5.00. The summed E-state index contributed by atoms with van der Waals surface area (Å²) in [6.45, 7) is 2.22. The third kappa shape index (κ3) is 3.88. The number of benzene rings is 1. The molecule has 0 aliphatic carbocycles. The highest BCUT2D eigenvalue weighted by molar-refractivity contribution is 7.98. The lowest BCUT2D eigenvalue weighted by atomic mass is 10.0. The van der Waals surface area contributed by atoms with Crippen LogP contribution in [0.1, 0.15) is 30.7 Å². The summed E-state index contributed by atoms with van der Waals surface area (Å²) in [5.41, 5.74) is 1.25. The van der Waals surface area contributed by atoms with E-state index < -0.39 is 0 Å². The van der Waals surface area contributed by atoms with Crippen molar-refractivity contribution in [3.05, 3.63) is 60.1 Å². The average Bonchev–Trinajstić information content (AvgIpc) is 2.98. The average molecular weight is 275 g/mol. The van der Waals surface area contributed by atoms with Crippen LogP contribution in [-0.4, -0.2) is 18.1 Å². The molecule has 0 spiro atoms. The van der Waals surface area contributed by atoms with Gasteiger partial charge >= 0.3 is 0 Å². The number of thioether (sulfide) groups is 1. The molecule has 0 aliphatic heterocycles. The fraction of sp³-hybridized carbons (Fsp3) is 0.375. The molecule has 3 heteroatoms. The highest BCUT2D eigenvalue weighted by Crippen LogP contribution is 2.23. The number of furan rings is 1. The molecule has 2 aromatic rings. The minimum atomic E-state index is 0.133. The molecular formula is C16H21NOS. The molecule has 0 bridgehead atoms. The van der Waals surface area contributed by atoms with E-state index in [0.717, 1.165) is 17.9 Å². The van der Waals surface area contributed by atoms with Gasteiger partial charge in [0.1, 0.15) is 5.76 Å². The van der Waals surface area contributed by atoms with E-state index in [0.29, 0.717) is 6.04 Å². The molecule has 0 amide bonds.